The van der Waals surface area contributed by atoms with Crippen molar-refractivity contribution >= 4 is 11.8 Å². The number of nitrogens with zero attached hydrogens (tertiary/aromatic N) is 4. The van der Waals surface area contributed by atoms with Gasteiger partial charge in [-0.3, -0.25) is 4.79 Å². The fourth-order valence-electron chi connectivity index (χ4n) is 3.07. The Bertz CT molecular complexity index is 820. The number of anilines is 1. The molecule has 2 aromatic heterocycles. The lowest BCUT2D eigenvalue weighted by Crippen LogP contribution is -2.48. The zero-order chi connectivity index (χ0) is 17.4. The van der Waals surface area contributed by atoms with Gasteiger partial charge in [-0.05, 0) is 25.0 Å². The van der Waals surface area contributed by atoms with Crippen LogP contribution in [0.15, 0.2) is 21.0 Å². The van der Waals surface area contributed by atoms with Crippen molar-refractivity contribution < 1.29 is 13.6 Å². The van der Waals surface area contributed by atoms with Gasteiger partial charge in [-0.2, -0.15) is 5.26 Å². The first-order chi connectivity index (χ1) is 12.2. The molecule has 130 valence electrons. The molecule has 0 N–H and O–H groups in total. The third-order valence-electron chi connectivity index (χ3n) is 4.73. The standard InChI is InChI=1S/C18H20N4O3/c1-2-13-5-6-15(24-13)17(23)21-7-9-22(10-8-21)18-14(11-19)20-16(25-18)12-3-4-12/h5-6,12H,2-4,7-10H2,1H3. The molecule has 0 bridgehead atoms. The minimum atomic E-state index is -0.0869. The molecule has 25 heavy (non-hydrogen) atoms. The second kappa shape index (κ2) is 6.28. The van der Waals surface area contributed by atoms with Crippen LogP contribution in [0.5, 0.6) is 0 Å². The van der Waals surface area contributed by atoms with Crippen molar-refractivity contribution in [1.82, 2.24) is 9.88 Å². The number of carbonyl (C=O) groups excluding carboxylic acids is 1. The average Bonchev–Trinajstić information content (AvgIpc) is 3.23. The predicted octanol–water partition coefficient (Wildman–Crippen LogP) is 2.54. The van der Waals surface area contributed by atoms with Gasteiger partial charge in [-0.15, -0.1) is 0 Å². The highest BCUT2D eigenvalue weighted by atomic mass is 16.4. The first-order valence-corrected chi connectivity index (χ1v) is 8.73. The summed E-state index contributed by atoms with van der Waals surface area (Å²) < 4.78 is 11.4. The second-order valence-corrected chi connectivity index (χ2v) is 6.49. The molecule has 2 aromatic rings. The Hall–Kier alpha value is -2.75. The molecule has 1 amide bonds. The van der Waals surface area contributed by atoms with Gasteiger partial charge in [0.25, 0.3) is 5.91 Å². The van der Waals surface area contributed by atoms with E-state index in [0.717, 1.165) is 25.0 Å². The average molecular weight is 340 g/mol. The van der Waals surface area contributed by atoms with E-state index in [0.29, 0.717) is 55.3 Å². The minimum Gasteiger partial charge on any atom is -0.456 e. The highest BCUT2D eigenvalue weighted by Crippen LogP contribution is 2.41. The van der Waals surface area contributed by atoms with Gasteiger partial charge < -0.3 is 18.6 Å². The molecule has 0 radical (unpaired) electrons. The van der Waals surface area contributed by atoms with Crippen molar-refractivity contribution in [3.05, 3.63) is 35.2 Å². The first kappa shape index (κ1) is 15.8. The van der Waals surface area contributed by atoms with Crippen LogP contribution < -0.4 is 4.90 Å². The van der Waals surface area contributed by atoms with Crippen LogP contribution >= 0.6 is 0 Å². The van der Waals surface area contributed by atoms with Crippen LogP contribution in [0.25, 0.3) is 0 Å². The van der Waals surface area contributed by atoms with Crippen LogP contribution in [0.2, 0.25) is 0 Å². The Morgan fingerprint density at radius 3 is 2.64 bits per heavy atom. The third-order valence-corrected chi connectivity index (χ3v) is 4.73. The van der Waals surface area contributed by atoms with Crippen LogP contribution in [-0.2, 0) is 6.42 Å². The number of aromatic nitrogens is 1. The van der Waals surface area contributed by atoms with E-state index in [-0.39, 0.29) is 5.91 Å². The fourth-order valence-corrected chi connectivity index (χ4v) is 3.07. The topological polar surface area (TPSA) is 86.5 Å². The van der Waals surface area contributed by atoms with Crippen molar-refractivity contribution in [2.24, 2.45) is 0 Å². The molecular formula is C18H20N4O3. The van der Waals surface area contributed by atoms with E-state index in [9.17, 15) is 10.1 Å². The van der Waals surface area contributed by atoms with Gasteiger partial charge in [0.1, 0.15) is 11.8 Å². The molecule has 4 rings (SSSR count). The number of furan rings is 1. The van der Waals surface area contributed by atoms with Crippen molar-refractivity contribution in [3.8, 4) is 6.07 Å². The van der Waals surface area contributed by atoms with Gasteiger partial charge in [0.15, 0.2) is 5.76 Å². The van der Waals surface area contributed by atoms with E-state index < -0.39 is 0 Å². The number of carbonyl (C=O) groups is 1. The Kier molecular flexibility index (Phi) is 3.96. The van der Waals surface area contributed by atoms with Crippen LogP contribution in [0.1, 0.15) is 53.6 Å². The quantitative estimate of drug-likeness (QED) is 0.850. The summed E-state index contributed by atoms with van der Waals surface area (Å²) in [6, 6.07) is 5.70. The van der Waals surface area contributed by atoms with Gasteiger partial charge in [-0.25, -0.2) is 4.98 Å². The van der Waals surface area contributed by atoms with Gasteiger partial charge in [0.2, 0.25) is 17.5 Å². The van der Waals surface area contributed by atoms with Gasteiger partial charge in [0, 0.05) is 38.5 Å². The lowest BCUT2D eigenvalue weighted by Gasteiger charge is -2.34. The summed E-state index contributed by atoms with van der Waals surface area (Å²) in [4.78, 5) is 20.6. The molecule has 1 saturated carbocycles. The molecule has 0 aromatic carbocycles. The summed E-state index contributed by atoms with van der Waals surface area (Å²) in [5.41, 5.74) is 0.347. The Morgan fingerprint density at radius 1 is 1.28 bits per heavy atom. The van der Waals surface area contributed by atoms with Crippen molar-refractivity contribution in [3.63, 3.8) is 0 Å². The summed E-state index contributed by atoms with van der Waals surface area (Å²) >= 11 is 0. The molecule has 2 fully saturated rings. The molecule has 0 unspecified atom stereocenters. The van der Waals surface area contributed by atoms with Crippen LogP contribution in [0.4, 0.5) is 5.88 Å². The summed E-state index contributed by atoms with van der Waals surface area (Å²) in [6.45, 7) is 4.34. The molecule has 2 aliphatic rings. The van der Waals surface area contributed by atoms with Gasteiger partial charge >= 0.3 is 0 Å². The van der Waals surface area contributed by atoms with E-state index >= 15 is 0 Å². The number of oxazole rings is 1. The Morgan fingerprint density at radius 2 is 2.04 bits per heavy atom. The number of hydrogen-bond acceptors (Lipinski definition) is 6. The number of rotatable bonds is 4. The van der Waals surface area contributed by atoms with Crippen molar-refractivity contribution in [1.29, 1.82) is 5.26 Å². The summed E-state index contributed by atoms with van der Waals surface area (Å²) in [5.74, 6) is 2.70. The molecule has 3 heterocycles. The molecule has 1 saturated heterocycles. The largest absolute Gasteiger partial charge is 0.456 e. The summed E-state index contributed by atoms with van der Waals surface area (Å²) in [5, 5.41) is 9.30. The number of nitriles is 1. The SMILES string of the molecule is CCc1ccc(C(=O)N2CCN(c3oc(C4CC4)nc3C#N)CC2)o1. The van der Waals surface area contributed by atoms with Crippen molar-refractivity contribution in [2.75, 3.05) is 31.1 Å². The summed E-state index contributed by atoms with van der Waals surface area (Å²) in [7, 11) is 0. The zero-order valence-corrected chi connectivity index (χ0v) is 14.2. The van der Waals surface area contributed by atoms with Crippen LogP contribution in [-0.4, -0.2) is 42.0 Å². The number of hydrogen-bond donors (Lipinski definition) is 0. The molecule has 7 nitrogen and oxygen atoms in total. The molecule has 0 spiro atoms. The highest BCUT2D eigenvalue weighted by Gasteiger charge is 2.33. The maximum Gasteiger partial charge on any atom is 0.289 e. The molecule has 7 heteroatoms. The minimum absolute atomic E-state index is 0.0869. The number of piperazine rings is 1. The van der Waals surface area contributed by atoms with E-state index in [2.05, 4.69) is 11.1 Å². The van der Waals surface area contributed by atoms with Crippen LogP contribution in [0, 0.1) is 11.3 Å². The second-order valence-electron chi connectivity index (χ2n) is 6.49. The molecule has 1 aliphatic heterocycles. The Labute approximate surface area is 145 Å². The monoisotopic (exact) mass is 340 g/mol. The lowest BCUT2D eigenvalue weighted by atomic mass is 10.2. The van der Waals surface area contributed by atoms with Gasteiger partial charge in [0.05, 0.1) is 0 Å². The van der Waals surface area contributed by atoms with E-state index in [1.165, 1.54) is 0 Å². The molecule has 1 aliphatic carbocycles. The number of amides is 1. The maximum absolute atomic E-state index is 12.5. The van der Waals surface area contributed by atoms with E-state index in [4.69, 9.17) is 8.83 Å². The number of aryl methyl sites for hydroxylation is 1. The molecular weight excluding hydrogens is 320 g/mol. The lowest BCUT2D eigenvalue weighted by molar-refractivity contribution is 0.0711. The van der Waals surface area contributed by atoms with Crippen LogP contribution in [0.3, 0.4) is 0 Å². The highest BCUT2D eigenvalue weighted by molar-refractivity contribution is 5.91. The Balaban J connectivity index is 1.43. The van der Waals surface area contributed by atoms with E-state index in [1.54, 1.807) is 11.0 Å². The van der Waals surface area contributed by atoms with Gasteiger partial charge in [-0.1, -0.05) is 6.92 Å². The predicted molar refractivity (Wildman–Crippen MR) is 89.4 cm³/mol. The molecule has 0 atom stereocenters. The zero-order valence-electron chi connectivity index (χ0n) is 14.2. The first-order valence-electron chi connectivity index (χ1n) is 8.73. The normalized spacial score (nSPS) is 17.6. The summed E-state index contributed by atoms with van der Waals surface area (Å²) in [6.07, 6.45) is 2.93. The smallest absolute Gasteiger partial charge is 0.289 e. The van der Waals surface area contributed by atoms with Crippen molar-refractivity contribution in [2.45, 2.75) is 32.1 Å². The maximum atomic E-state index is 12.5. The third kappa shape index (κ3) is 3.00. The fraction of sp³-hybridized carbons (Fsp3) is 0.500. The van der Waals surface area contributed by atoms with E-state index in [1.807, 2.05) is 17.9 Å².